The van der Waals surface area contributed by atoms with Gasteiger partial charge in [0.1, 0.15) is 0 Å². The average Bonchev–Trinajstić information content (AvgIpc) is 2.34. The Morgan fingerprint density at radius 1 is 1.05 bits per heavy atom. The number of benzene rings is 1. The molecule has 0 aromatic heterocycles. The van der Waals surface area contributed by atoms with E-state index in [-0.39, 0.29) is 11.3 Å². The summed E-state index contributed by atoms with van der Waals surface area (Å²) in [5.41, 5.74) is 10.5. The Bertz CT molecular complexity index is 484. The molecule has 0 unspecified atom stereocenters. The summed E-state index contributed by atoms with van der Waals surface area (Å²) in [7, 11) is 0. The number of ketones is 1. The highest BCUT2D eigenvalue weighted by Crippen LogP contribution is 2.30. The van der Waals surface area contributed by atoms with Crippen LogP contribution in [0.2, 0.25) is 0 Å². The molecule has 2 rings (SSSR count). The normalized spacial score (nSPS) is 18.3. The second kappa shape index (κ2) is 5.46. The number of hydrogen-bond donors (Lipinski definition) is 1. The molecule has 2 nitrogen and oxygen atoms in total. The lowest BCUT2D eigenvalue weighted by Gasteiger charge is -2.33. The highest BCUT2D eigenvalue weighted by Gasteiger charge is 2.30. The van der Waals surface area contributed by atoms with Crippen LogP contribution < -0.4 is 5.73 Å². The van der Waals surface area contributed by atoms with Crippen molar-refractivity contribution in [2.24, 2.45) is 5.73 Å². The summed E-state index contributed by atoms with van der Waals surface area (Å²) in [4.78, 5) is 12.5. The van der Waals surface area contributed by atoms with Crippen LogP contribution in [-0.2, 0) is 0 Å². The summed E-state index contributed by atoms with van der Waals surface area (Å²) in [6, 6.07) is 4.13. The van der Waals surface area contributed by atoms with Gasteiger partial charge >= 0.3 is 0 Å². The van der Waals surface area contributed by atoms with Gasteiger partial charge in [-0.05, 0) is 56.4 Å². The smallest absolute Gasteiger partial charge is 0.164 e. The molecule has 1 aromatic carbocycles. The monoisotopic (exact) mass is 259 g/mol. The molecule has 0 aliphatic heterocycles. The highest BCUT2D eigenvalue weighted by atomic mass is 16.1. The van der Waals surface area contributed by atoms with Crippen LogP contribution >= 0.6 is 0 Å². The topological polar surface area (TPSA) is 43.1 Å². The van der Waals surface area contributed by atoms with Gasteiger partial charge in [-0.15, -0.1) is 0 Å². The van der Waals surface area contributed by atoms with E-state index in [0.29, 0.717) is 6.42 Å². The SMILES string of the molecule is Cc1cc(C)c(C(=O)CC2(N)CCCCC2)cc1C. The lowest BCUT2D eigenvalue weighted by atomic mass is 9.78. The molecule has 19 heavy (non-hydrogen) atoms. The molecule has 0 amide bonds. The molecule has 1 aliphatic rings. The van der Waals surface area contributed by atoms with Crippen LogP contribution in [0.15, 0.2) is 12.1 Å². The second-order valence-electron chi connectivity index (χ2n) is 6.27. The van der Waals surface area contributed by atoms with Crippen molar-refractivity contribution in [3.05, 3.63) is 34.4 Å². The first-order valence-corrected chi connectivity index (χ1v) is 7.31. The highest BCUT2D eigenvalue weighted by molar-refractivity contribution is 5.98. The zero-order valence-corrected chi connectivity index (χ0v) is 12.4. The standard InChI is InChI=1S/C17H25NO/c1-12-9-14(3)15(10-13(12)2)16(19)11-17(18)7-5-4-6-8-17/h9-10H,4-8,11,18H2,1-3H3. The third-order valence-electron chi connectivity index (χ3n) is 4.50. The fourth-order valence-electron chi connectivity index (χ4n) is 3.11. The number of hydrogen-bond acceptors (Lipinski definition) is 2. The zero-order valence-electron chi connectivity index (χ0n) is 12.4. The third-order valence-corrected chi connectivity index (χ3v) is 4.50. The molecule has 0 saturated heterocycles. The lowest BCUT2D eigenvalue weighted by Crippen LogP contribution is -2.43. The van der Waals surface area contributed by atoms with Crippen LogP contribution in [0.1, 0.15) is 65.6 Å². The first kappa shape index (κ1) is 14.3. The van der Waals surface area contributed by atoms with E-state index in [1.165, 1.54) is 17.5 Å². The van der Waals surface area contributed by atoms with Crippen molar-refractivity contribution in [3.8, 4) is 0 Å². The van der Waals surface area contributed by atoms with Crippen LogP contribution in [0, 0.1) is 20.8 Å². The van der Waals surface area contributed by atoms with Crippen LogP contribution in [0.25, 0.3) is 0 Å². The Morgan fingerprint density at radius 2 is 1.63 bits per heavy atom. The largest absolute Gasteiger partial charge is 0.325 e. The van der Waals surface area contributed by atoms with Gasteiger partial charge in [0.2, 0.25) is 0 Å². The molecule has 104 valence electrons. The predicted molar refractivity (Wildman–Crippen MR) is 79.6 cm³/mol. The molecule has 0 heterocycles. The summed E-state index contributed by atoms with van der Waals surface area (Å²) < 4.78 is 0. The van der Waals surface area contributed by atoms with Crippen LogP contribution in [0.5, 0.6) is 0 Å². The first-order valence-electron chi connectivity index (χ1n) is 7.31. The van der Waals surface area contributed by atoms with Crippen molar-refractivity contribution in [2.75, 3.05) is 0 Å². The molecular weight excluding hydrogens is 234 g/mol. The second-order valence-corrected chi connectivity index (χ2v) is 6.27. The Labute approximate surface area is 116 Å². The number of Topliss-reactive ketones (excluding diaryl/α,β-unsaturated/α-hetero) is 1. The molecule has 0 spiro atoms. The molecule has 0 atom stereocenters. The average molecular weight is 259 g/mol. The Hall–Kier alpha value is -1.15. The van der Waals surface area contributed by atoms with Gasteiger partial charge in [0, 0.05) is 17.5 Å². The molecule has 2 heteroatoms. The molecule has 1 aromatic rings. The van der Waals surface area contributed by atoms with E-state index < -0.39 is 0 Å². The van der Waals surface area contributed by atoms with Crippen molar-refractivity contribution in [1.82, 2.24) is 0 Å². The van der Waals surface area contributed by atoms with E-state index in [9.17, 15) is 4.79 Å². The Morgan fingerprint density at radius 3 is 2.26 bits per heavy atom. The van der Waals surface area contributed by atoms with Gasteiger partial charge in [0.05, 0.1) is 0 Å². The number of aryl methyl sites for hydroxylation is 3. The van der Waals surface area contributed by atoms with Crippen molar-refractivity contribution in [1.29, 1.82) is 0 Å². The molecule has 0 bridgehead atoms. The van der Waals surface area contributed by atoms with E-state index in [1.807, 2.05) is 13.0 Å². The van der Waals surface area contributed by atoms with Crippen molar-refractivity contribution in [3.63, 3.8) is 0 Å². The number of carbonyl (C=O) groups excluding carboxylic acids is 1. The van der Waals surface area contributed by atoms with Gasteiger partial charge in [0.25, 0.3) is 0 Å². The third kappa shape index (κ3) is 3.24. The van der Waals surface area contributed by atoms with Crippen molar-refractivity contribution < 1.29 is 4.79 Å². The summed E-state index contributed by atoms with van der Waals surface area (Å²) in [5.74, 6) is 0.213. The predicted octanol–water partition coefficient (Wildman–Crippen LogP) is 3.85. The van der Waals surface area contributed by atoms with Gasteiger partial charge in [-0.1, -0.05) is 25.3 Å². The summed E-state index contributed by atoms with van der Waals surface area (Å²) in [5, 5.41) is 0. The quantitative estimate of drug-likeness (QED) is 0.838. The fourth-order valence-corrected chi connectivity index (χ4v) is 3.11. The zero-order chi connectivity index (χ0) is 14.0. The minimum atomic E-state index is -0.263. The molecular formula is C17H25NO. The van der Waals surface area contributed by atoms with E-state index in [4.69, 9.17) is 5.73 Å². The molecule has 1 saturated carbocycles. The first-order chi connectivity index (χ1) is 8.91. The van der Waals surface area contributed by atoms with Crippen LogP contribution in [0.4, 0.5) is 0 Å². The van der Waals surface area contributed by atoms with Gasteiger partial charge in [-0.3, -0.25) is 4.79 Å². The van der Waals surface area contributed by atoms with Gasteiger partial charge < -0.3 is 5.73 Å². The number of carbonyl (C=O) groups is 1. The summed E-state index contributed by atoms with van der Waals surface area (Å²) in [6.45, 7) is 6.16. The Kier molecular flexibility index (Phi) is 4.10. The summed E-state index contributed by atoms with van der Waals surface area (Å²) in [6.07, 6.45) is 6.06. The van der Waals surface area contributed by atoms with E-state index >= 15 is 0 Å². The maximum absolute atomic E-state index is 12.5. The Balaban J connectivity index is 2.18. The summed E-state index contributed by atoms with van der Waals surface area (Å²) >= 11 is 0. The minimum absolute atomic E-state index is 0.213. The molecule has 1 fully saturated rings. The van der Waals surface area contributed by atoms with E-state index in [1.54, 1.807) is 0 Å². The van der Waals surface area contributed by atoms with Gasteiger partial charge in [-0.25, -0.2) is 0 Å². The van der Waals surface area contributed by atoms with E-state index in [2.05, 4.69) is 19.9 Å². The lowest BCUT2D eigenvalue weighted by molar-refractivity contribution is 0.0934. The van der Waals surface area contributed by atoms with Crippen LogP contribution in [-0.4, -0.2) is 11.3 Å². The van der Waals surface area contributed by atoms with Crippen LogP contribution in [0.3, 0.4) is 0 Å². The number of rotatable bonds is 3. The van der Waals surface area contributed by atoms with Gasteiger partial charge in [0.15, 0.2) is 5.78 Å². The fraction of sp³-hybridized carbons (Fsp3) is 0.588. The van der Waals surface area contributed by atoms with Gasteiger partial charge in [-0.2, -0.15) is 0 Å². The maximum Gasteiger partial charge on any atom is 0.164 e. The molecule has 1 aliphatic carbocycles. The number of nitrogens with two attached hydrogens (primary N) is 1. The minimum Gasteiger partial charge on any atom is -0.325 e. The van der Waals surface area contributed by atoms with Crippen molar-refractivity contribution in [2.45, 2.75) is 64.8 Å². The van der Waals surface area contributed by atoms with E-state index in [0.717, 1.165) is 36.8 Å². The maximum atomic E-state index is 12.5. The molecule has 0 radical (unpaired) electrons. The van der Waals surface area contributed by atoms with Crippen molar-refractivity contribution >= 4 is 5.78 Å². The molecule has 2 N–H and O–H groups in total.